The molecule has 0 aliphatic carbocycles. The minimum atomic E-state index is -3.32. The summed E-state index contributed by atoms with van der Waals surface area (Å²) in [6.07, 6.45) is 1.83. The first kappa shape index (κ1) is 28.5. The fourth-order valence-electron chi connectivity index (χ4n) is 4.00. The Morgan fingerprint density at radius 2 is 1.47 bits per heavy atom. The van der Waals surface area contributed by atoms with E-state index in [0.717, 1.165) is 11.1 Å². The molecule has 6 nitrogen and oxygen atoms in total. The van der Waals surface area contributed by atoms with Gasteiger partial charge in [0, 0.05) is 25.5 Å². The average molecular weight is 571 g/mol. The van der Waals surface area contributed by atoms with E-state index in [2.05, 4.69) is 24.0 Å². The molecule has 176 valence electrons. The summed E-state index contributed by atoms with van der Waals surface area (Å²) in [4.78, 5) is 11.7. The molecule has 1 unspecified atom stereocenters. The van der Waals surface area contributed by atoms with Gasteiger partial charge in [-0.25, -0.2) is 0 Å². The van der Waals surface area contributed by atoms with Gasteiger partial charge in [0.05, 0.1) is 5.04 Å². The highest BCUT2D eigenvalue weighted by atomic mass is 127. The number of anilines is 1. The highest BCUT2D eigenvalue weighted by Gasteiger charge is 2.62. The van der Waals surface area contributed by atoms with Gasteiger partial charge in [-0.2, -0.15) is 0 Å². The number of halogens is 1. The summed E-state index contributed by atoms with van der Waals surface area (Å²) < 4.78 is 19.2. The molecule has 0 heterocycles. The van der Waals surface area contributed by atoms with Crippen molar-refractivity contribution in [3.63, 3.8) is 0 Å². The molecule has 32 heavy (non-hydrogen) atoms. The molecule has 2 aromatic carbocycles. The van der Waals surface area contributed by atoms with Crippen LogP contribution < -0.4 is 11.1 Å². The summed E-state index contributed by atoms with van der Waals surface area (Å²) >= 11 is 0. The molecule has 0 saturated heterocycles. The lowest BCUT2D eigenvalue weighted by Crippen LogP contribution is -2.64. The van der Waals surface area contributed by atoms with Gasteiger partial charge in [-0.3, -0.25) is 4.79 Å². The van der Waals surface area contributed by atoms with E-state index in [4.69, 9.17) is 19.0 Å². The number of carbonyl (C=O) groups is 1. The molecular formula is C24H35IN2O4Si. The van der Waals surface area contributed by atoms with Crippen LogP contribution in [0.15, 0.2) is 67.3 Å². The van der Waals surface area contributed by atoms with Gasteiger partial charge in [-0.1, -0.05) is 49.0 Å². The van der Waals surface area contributed by atoms with E-state index in [0.29, 0.717) is 38.5 Å². The number of rotatable bonds is 13. The summed E-state index contributed by atoms with van der Waals surface area (Å²) in [5.41, 5.74) is 8.86. The van der Waals surface area contributed by atoms with Crippen LogP contribution in [0.25, 0.3) is 0 Å². The minimum absolute atomic E-state index is 0. The lowest BCUT2D eigenvalue weighted by molar-refractivity contribution is -0.111. The standard InChI is InChI=1S/C24H34N2O4Si.HI/c1-5-23(27)26-22-16-14-21(15-17-22)24(18-19-25,20-12-10-9-11-13-20)31(28-6-2,29-7-3)30-8-4;/h5,9-17H,1,6-8,18-19,25H2,2-4H3,(H,26,27);1H. The fraction of sp³-hybridized carbons (Fsp3) is 0.375. The van der Waals surface area contributed by atoms with Crippen LogP contribution in [0.5, 0.6) is 0 Å². The van der Waals surface area contributed by atoms with Crippen LogP contribution in [0, 0.1) is 0 Å². The first-order chi connectivity index (χ1) is 15.0. The van der Waals surface area contributed by atoms with Crippen molar-refractivity contribution < 1.29 is 18.1 Å². The monoisotopic (exact) mass is 570 g/mol. The van der Waals surface area contributed by atoms with E-state index in [1.54, 1.807) is 0 Å². The molecular weight excluding hydrogens is 535 g/mol. The molecule has 1 atom stereocenters. The van der Waals surface area contributed by atoms with Crippen LogP contribution in [0.4, 0.5) is 5.69 Å². The van der Waals surface area contributed by atoms with E-state index in [9.17, 15) is 4.79 Å². The number of benzene rings is 2. The number of amides is 1. The van der Waals surface area contributed by atoms with Crippen molar-refractivity contribution in [1.29, 1.82) is 0 Å². The van der Waals surface area contributed by atoms with Crippen LogP contribution in [-0.2, 0) is 23.1 Å². The fourth-order valence-corrected chi connectivity index (χ4v) is 7.62. The molecule has 0 aliphatic rings. The predicted octanol–water partition coefficient (Wildman–Crippen LogP) is 4.65. The van der Waals surface area contributed by atoms with Gasteiger partial charge in [0.2, 0.25) is 5.91 Å². The molecule has 0 aromatic heterocycles. The normalized spacial score (nSPS) is 13.0. The highest BCUT2D eigenvalue weighted by molar-refractivity contribution is 14.0. The minimum Gasteiger partial charge on any atom is -0.373 e. The van der Waals surface area contributed by atoms with Gasteiger partial charge in [-0.15, -0.1) is 24.0 Å². The SMILES string of the molecule is C=CC(=O)Nc1ccc(C(CCN)(c2ccccc2)[Si](OCC)(OCC)OCC)cc1.I. The summed E-state index contributed by atoms with van der Waals surface area (Å²) in [7, 11) is -3.32. The number of nitrogens with two attached hydrogens (primary N) is 1. The van der Waals surface area contributed by atoms with Crippen LogP contribution in [0.3, 0.4) is 0 Å². The van der Waals surface area contributed by atoms with Crippen molar-refractivity contribution in [2.24, 2.45) is 5.73 Å². The Labute approximate surface area is 209 Å². The van der Waals surface area contributed by atoms with Crippen LogP contribution >= 0.6 is 24.0 Å². The Balaban J connectivity index is 0.00000512. The van der Waals surface area contributed by atoms with Crippen molar-refractivity contribution in [1.82, 2.24) is 0 Å². The number of nitrogens with one attached hydrogen (secondary N) is 1. The molecule has 2 rings (SSSR count). The van der Waals surface area contributed by atoms with E-state index in [-0.39, 0.29) is 29.9 Å². The van der Waals surface area contributed by atoms with Crippen molar-refractivity contribution in [3.05, 3.63) is 78.4 Å². The molecule has 0 spiro atoms. The second kappa shape index (κ2) is 13.9. The zero-order chi connectivity index (χ0) is 22.7. The third kappa shape index (κ3) is 6.06. The molecule has 0 aliphatic heterocycles. The molecule has 3 N–H and O–H groups in total. The van der Waals surface area contributed by atoms with Gasteiger partial charge in [0.25, 0.3) is 0 Å². The largest absolute Gasteiger partial charge is 0.516 e. The number of hydrogen-bond donors (Lipinski definition) is 2. The Bertz CT molecular complexity index is 819. The van der Waals surface area contributed by atoms with Crippen LogP contribution in [-0.4, -0.2) is 41.1 Å². The second-order valence-electron chi connectivity index (χ2n) is 6.94. The van der Waals surface area contributed by atoms with Crippen molar-refractivity contribution in [2.75, 3.05) is 31.7 Å². The van der Waals surface area contributed by atoms with E-state index in [1.165, 1.54) is 6.08 Å². The Hall–Kier alpha value is -1.56. The number of carbonyl (C=O) groups excluding carboxylic acids is 1. The number of hydrogen-bond acceptors (Lipinski definition) is 5. The maximum Gasteiger partial charge on any atom is 0.516 e. The highest BCUT2D eigenvalue weighted by Crippen LogP contribution is 2.45. The molecule has 1 amide bonds. The summed E-state index contributed by atoms with van der Waals surface area (Å²) in [5, 5.41) is 2.09. The second-order valence-corrected chi connectivity index (χ2v) is 9.77. The zero-order valence-corrected chi connectivity index (χ0v) is 22.5. The molecule has 0 bridgehead atoms. The quantitative estimate of drug-likeness (QED) is 0.208. The van der Waals surface area contributed by atoms with Gasteiger partial charge < -0.3 is 24.3 Å². The molecule has 8 heteroatoms. The summed E-state index contributed by atoms with van der Waals surface area (Å²) in [6.45, 7) is 11.1. The van der Waals surface area contributed by atoms with E-state index >= 15 is 0 Å². The van der Waals surface area contributed by atoms with Gasteiger partial charge in [-0.05, 0) is 63.1 Å². The third-order valence-corrected chi connectivity index (χ3v) is 9.02. The van der Waals surface area contributed by atoms with Crippen LogP contribution in [0.1, 0.15) is 38.3 Å². The Morgan fingerprint density at radius 1 is 0.969 bits per heavy atom. The van der Waals surface area contributed by atoms with Crippen LogP contribution in [0.2, 0.25) is 0 Å². The van der Waals surface area contributed by atoms with Gasteiger partial charge in [0.1, 0.15) is 0 Å². The first-order valence-corrected chi connectivity index (χ1v) is 12.5. The molecule has 0 fully saturated rings. The Morgan fingerprint density at radius 3 is 1.91 bits per heavy atom. The Kier molecular flexibility index (Phi) is 12.3. The lowest BCUT2D eigenvalue weighted by Gasteiger charge is -2.46. The topological polar surface area (TPSA) is 82.8 Å². The summed E-state index contributed by atoms with van der Waals surface area (Å²) in [5.74, 6) is -0.259. The van der Waals surface area contributed by atoms with Gasteiger partial charge >= 0.3 is 8.80 Å². The molecule has 2 aromatic rings. The smallest absolute Gasteiger partial charge is 0.373 e. The molecule has 0 saturated carbocycles. The zero-order valence-electron chi connectivity index (χ0n) is 19.1. The maximum atomic E-state index is 11.7. The summed E-state index contributed by atoms with van der Waals surface area (Å²) in [6, 6.07) is 17.8. The van der Waals surface area contributed by atoms with Gasteiger partial charge in [0.15, 0.2) is 0 Å². The lowest BCUT2D eigenvalue weighted by atomic mass is 9.87. The van der Waals surface area contributed by atoms with Crippen molar-refractivity contribution >= 4 is 44.4 Å². The molecule has 0 radical (unpaired) electrons. The van der Waals surface area contributed by atoms with E-state index in [1.807, 2.05) is 63.2 Å². The van der Waals surface area contributed by atoms with Crippen molar-refractivity contribution in [2.45, 2.75) is 32.2 Å². The first-order valence-electron chi connectivity index (χ1n) is 10.7. The third-order valence-electron chi connectivity index (χ3n) is 5.14. The van der Waals surface area contributed by atoms with E-state index < -0.39 is 13.8 Å². The predicted molar refractivity (Wildman–Crippen MR) is 142 cm³/mol. The maximum absolute atomic E-state index is 11.7. The van der Waals surface area contributed by atoms with Crippen molar-refractivity contribution in [3.8, 4) is 0 Å². The average Bonchev–Trinajstić information content (AvgIpc) is 2.79.